The van der Waals surface area contributed by atoms with Gasteiger partial charge in [-0.05, 0) is 43.7 Å². The number of piperazine rings is 1. The molecule has 0 radical (unpaired) electrons. The summed E-state index contributed by atoms with van der Waals surface area (Å²) < 4.78 is 0. The van der Waals surface area contributed by atoms with E-state index in [1.165, 1.54) is 12.1 Å². The molecule has 0 atom stereocenters. The van der Waals surface area contributed by atoms with Gasteiger partial charge < -0.3 is 9.80 Å². The summed E-state index contributed by atoms with van der Waals surface area (Å²) in [5.41, 5.74) is 1.25. The molecule has 2 heterocycles. The summed E-state index contributed by atoms with van der Waals surface area (Å²) in [6, 6.07) is 8.07. The van der Waals surface area contributed by atoms with Crippen LogP contribution < -0.4 is 4.90 Å². The minimum absolute atomic E-state index is 0.339. The van der Waals surface area contributed by atoms with Crippen molar-refractivity contribution in [3.8, 4) is 0 Å². The van der Waals surface area contributed by atoms with Crippen LogP contribution in [0.1, 0.15) is 19.3 Å². The molecule has 0 spiro atoms. The number of halogens is 1. The number of anilines is 1. The third-order valence-corrected chi connectivity index (χ3v) is 4.89. The van der Waals surface area contributed by atoms with Crippen LogP contribution in [0, 0.1) is 0 Å². The van der Waals surface area contributed by atoms with Crippen LogP contribution in [0.5, 0.6) is 0 Å². The van der Waals surface area contributed by atoms with Crippen LogP contribution in [-0.4, -0.2) is 61.5 Å². The number of amides is 1. The van der Waals surface area contributed by atoms with Crippen LogP contribution in [0.4, 0.5) is 5.69 Å². The number of rotatable bonds is 5. The first-order valence-corrected chi connectivity index (χ1v) is 8.61. The molecule has 2 aliphatic heterocycles. The Morgan fingerprint density at radius 3 is 2.27 bits per heavy atom. The van der Waals surface area contributed by atoms with Crippen molar-refractivity contribution < 1.29 is 4.79 Å². The fourth-order valence-electron chi connectivity index (χ4n) is 3.06. The molecule has 2 aliphatic rings. The van der Waals surface area contributed by atoms with Gasteiger partial charge in [0.25, 0.3) is 0 Å². The van der Waals surface area contributed by atoms with Crippen LogP contribution in [0.25, 0.3) is 0 Å². The van der Waals surface area contributed by atoms with Gasteiger partial charge in [0.1, 0.15) is 0 Å². The molecule has 1 aromatic carbocycles. The van der Waals surface area contributed by atoms with Gasteiger partial charge in [-0.1, -0.05) is 11.6 Å². The van der Waals surface area contributed by atoms with E-state index in [0.29, 0.717) is 12.3 Å². The van der Waals surface area contributed by atoms with Crippen LogP contribution in [0.15, 0.2) is 24.3 Å². The van der Waals surface area contributed by atoms with Crippen LogP contribution in [0.3, 0.4) is 0 Å². The minimum Gasteiger partial charge on any atom is -0.369 e. The summed E-state index contributed by atoms with van der Waals surface area (Å²) in [5, 5.41) is 0.786. The zero-order chi connectivity index (χ0) is 15.4. The number of likely N-dealkylation sites (tertiary alicyclic amines) is 1. The van der Waals surface area contributed by atoms with Gasteiger partial charge in [-0.3, -0.25) is 9.69 Å². The molecule has 0 bridgehead atoms. The number of carbonyl (C=O) groups excluding carboxylic acids is 1. The van der Waals surface area contributed by atoms with Crippen LogP contribution in [-0.2, 0) is 4.79 Å². The van der Waals surface area contributed by atoms with Crippen molar-refractivity contribution in [2.45, 2.75) is 19.3 Å². The summed E-state index contributed by atoms with van der Waals surface area (Å²) in [7, 11) is 0. The van der Waals surface area contributed by atoms with Gasteiger partial charge in [0.05, 0.1) is 0 Å². The Morgan fingerprint density at radius 2 is 1.68 bits per heavy atom. The van der Waals surface area contributed by atoms with Crippen molar-refractivity contribution in [1.29, 1.82) is 0 Å². The van der Waals surface area contributed by atoms with E-state index >= 15 is 0 Å². The smallest absolute Gasteiger partial charge is 0.222 e. The Labute approximate surface area is 137 Å². The lowest BCUT2D eigenvalue weighted by atomic mass is 10.1. The highest BCUT2D eigenvalue weighted by molar-refractivity contribution is 6.30. The Morgan fingerprint density at radius 1 is 1.00 bits per heavy atom. The number of hydrogen-bond acceptors (Lipinski definition) is 3. The van der Waals surface area contributed by atoms with Gasteiger partial charge >= 0.3 is 0 Å². The molecular weight excluding hydrogens is 298 g/mol. The predicted molar refractivity (Wildman–Crippen MR) is 90.5 cm³/mol. The monoisotopic (exact) mass is 321 g/mol. The maximum absolute atomic E-state index is 11.8. The van der Waals surface area contributed by atoms with E-state index in [-0.39, 0.29) is 0 Å². The van der Waals surface area contributed by atoms with E-state index in [2.05, 4.69) is 21.9 Å². The highest BCUT2D eigenvalue weighted by atomic mass is 35.5. The predicted octanol–water partition coefficient (Wildman–Crippen LogP) is 2.47. The summed E-state index contributed by atoms with van der Waals surface area (Å²) in [5.74, 6) is 0.339. The van der Waals surface area contributed by atoms with Gasteiger partial charge in [0.2, 0.25) is 5.91 Å². The fraction of sp³-hybridized carbons (Fsp3) is 0.588. The number of carbonyl (C=O) groups is 1. The van der Waals surface area contributed by atoms with Crippen LogP contribution >= 0.6 is 11.6 Å². The third kappa shape index (κ3) is 3.93. The molecule has 2 fully saturated rings. The maximum atomic E-state index is 11.8. The number of benzene rings is 1. The van der Waals surface area contributed by atoms with Crippen molar-refractivity contribution in [2.75, 3.05) is 50.7 Å². The van der Waals surface area contributed by atoms with E-state index in [1.54, 1.807) is 0 Å². The fourth-order valence-corrected chi connectivity index (χ4v) is 3.19. The van der Waals surface area contributed by atoms with Gasteiger partial charge in [-0.15, -0.1) is 0 Å². The molecule has 2 saturated heterocycles. The Balaban J connectivity index is 1.36. The first kappa shape index (κ1) is 15.6. The summed E-state index contributed by atoms with van der Waals surface area (Å²) in [6.45, 7) is 7.20. The second-order valence-corrected chi connectivity index (χ2v) is 6.58. The van der Waals surface area contributed by atoms with Crippen LogP contribution in [0.2, 0.25) is 5.02 Å². The molecule has 0 N–H and O–H groups in total. The third-order valence-electron chi connectivity index (χ3n) is 4.64. The SMILES string of the molecule is O=C(CCCN1CCN(c2ccc(Cl)cc2)CC1)N1CCC1. The standard InChI is InChI=1S/C17H24ClN3O/c18-15-4-6-16(7-5-15)20-13-11-19(12-14-20)8-1-3-17(22)21-9-2-10-21/h4-7H,1-3,8-14H2. The topological polar surface area (TPSA) is 26.8 Å². The molecule has 22 heavy (non-hydrogen) atoms. The quantitative estimate of drug-likeness (QED) is 0.833. The van der Waals surface area contributed by atoms with Crippen molar-refractivity contribution in [3.63, 3.8) is 0 Å². The molecule has 120 valence electrons. The lowest BCUT2D eigenvalue weighted by molar-refractivity contribution is -0.134. The van der Waals surface area contributed by atoms with Gasteiger partial charge in [0.15, 0.2) is 0 Å². The van der Waals surface area contributed by atoms with Gasteiger partial charge in [-0.2, -0.15) is 0 Å². The molecule has 1 aromatic rings. The Kier molecular flexibility index (Phi) is 5.21. The molecule has 0 aromatic heterocycles. The van der Waals surface area contributed by atoms with Gasteiger partial charge in [0, 0.05) is 56.4 Å². The highest BCUT2D eigenvalue weighted by Gasteiger charge is 2.21. The van der Waals surface area contributed by atoms with E-state index in [1.807, 2.05) is 17.0 Å². The zero-order valence-electron chi connectivity index (χ0n) is 13.0. The summed E-state index contributed by atoms with van der Waals surface area (Å²) in [4.78, 5) is 18.7. The minimum atomic E-state index is 0.339. The first-order chi connectivity index (χ1) is 10.7. The van der Waals surface area contributed by atoms with E-state index in [4.69, 9.17) is 11.6 Å². The van der Waals surface area contributed by atoms with E-state index in [0.717, 1.165) is 57.3 Å². The molecule has 4 nitrogen and oxygen atoms in total. The van der Waals surface area contributed by atoms with E-state index in [9.17, 15) is 4.79 Å². The summed E-state index contributed by atoms with van der Waals surface area (Å²) >= 11 is 5.94. The maximum Gasteiger partial charge on any atom is 0.222 e. The largest absolute Gasteiger partial charge is 0.369 e. The van der Waals surface area contributed by atoms with Gasteiger partial charge in [-0.25, -0.2) is 0 Å². The number of nitrogens with zero attached hydrogens (tertiary/aromatic N) is 3. The molecule has 0 unspecified atom stereocenters. The zero-order valence-corrected chi connectivity index (χ0v) is 13.8. The second-order valence-electron chi connectivity index (χ2n) is 6.14. The Hall–Kier alpha value is -1.26. The average molecular weight is 322 g/mol. The molecule has 0 aliphatic carbocycles. The first-order valence-electron chi connectivity index (χ1n) is 8.23. The molecule has 3 rings (SSSR count). The van der Waals surface area contributed by atoms with Crippen molar-refractivity contribution in [2.24, 2.45) is 0 Å². The Bertz CT molecular complexity index is 493. The normalized spacial score (nSPS) is 19.1. The van der Waals surface area contributed by atoms with Crippen molar-refractivity contribution in [3.05, 3.63) is 29.3 Å². The van der Waals surface area contributed by atoms with E-state index < -0.39 is 0 Å². The lowest BCUT2D eigenvalue weighted by Crippen LogP contribution is -2.47. The number of hydrogen-bond donors (Lipinski definition) is 0. The summed E-state index contributed by atoms with van der Waals surface area (Å²) in [6.07, 6.45) is 2.87. The molecular formula is C17H24ClN3O. The molecule has 5 heteroatoms. The lowest BCUT2D eigenvalue weighted by Gasteiger charge is -2.36. The van der Waals surface area contributed by atoms with Crippen molar-refractivity contribution in [1.82, 2.24) is 9.80 Å². The molecule has 0 saturated carbocycles. The molecule has 1 amide bonds. The average Bonchev–Trinajstić information content (AvgIpc) is 2.47. The second kappa shape index (κ2) is 7.34. The highest BCUT2D eigenvalue weighted by Crippen LogP contribution is 2.19. The van der Waals surface area contributed by atoms with Crippen molar-refractivity contribution >= 4 is 23.2 Å².